The Morgan fingerprint density at radius 1 is 0.941 bits per heavy atom. The predicted molar refractivity (Wildman–Crippen MR) is 135 cm³/mol. The van der Waals surface area contributed by atoms with Crippen LogP contribution in [-0.2, 0) is 6.54 Å². The van der Waals surface area contributed by atoms with Crippen LogP contribution in [0, 0.1) is 5.92 Å². The van der Waals surface area contributed by atoms with Gasteiger partial charge in [0.25, 0.3) is 0 Å². The molecule has 6 heteroatoms. The Morgan fingerprint density at radius 2 is 1.68 bits per heavy atom. The van der Waals surface area contributed by atoms with Crippen molar-refractivity contribution < 1.29 is 9.59 Å². The van der Waals surface area contributed by atoms with E-state index in [9.17, 15) is 9.59 Å². The van der Waals surface area contributed by atoms with E-state index in [-0.39, 0.29) is 28.9 Å². The number of anilines is 1. The zero-order chi connectivity index (χ0) is 23.5. The molecule has 0 radical (unpaired) electrons. The molecular formula is C28H20Cl2N2O2. The van der Waals surface area contributed by atoms with Crippen LogP contribution in [0.5, 0.6) is 0 Å². The van der Waals surface area contributed by atoms with E-state index in [0.717, 1.165) is 34.4 Å². The minimum absolute atomic E-state index is 0.00435. The third kappa shape index (κ3) is 2.40. The number of carbonyl (C=O) groups is 2. The second-order valence-corrected chi connectivity index (χ2v) is 10.9. The summed E-state index contributed by atoms with van der Waals surface area (Å²) < 4.78 is 2.30. The van der Waals surface area contributed by atoms with E-state index < -0.39 is 0 Å². The molecular weight excluding hydrogens is 467 g/mol. The first kappa shape index (κ1) is 20.3. The number of halogens is 2. The highest BCUT2D eigenvalue weighted by Gasteiger charge is 2.50. The van der Waals surface area contributed by atoms with Crippen molar-refractivity contribution in [2.24, 2.45) is 5.92 Å². The Balaban J connectivity index is 1.51. The Hall–Kier alpha value is -3.08. The molecule has 2 atom stereocenters. The number of carbonyl (C=O) groups excluding carboxylic acids is 2. The lowest BCUT2D eigenvalue weighted by molar-refractivity contribution is 0.0979. The van der Waals surface area contributed by atoms with Crippen molar-refractivity contribution in [1.82, 2.24) is 4.57 Å². The molecule has 0 unspecified atom stereocenters. The van der Waals surface area contributed by atoms with Gasteiger partial charge in [-0.2, -0.15) is 0 Å². The van der Waals surface area contributed by atoms with Crippen LogP contribution >= 0.6 is 23.2 Å². The van der Waals surface area contributed by atoms with Crippen LogP contribution in [-0.4, -0.2) is 21.7 Å². The van der Waals surface area contributed by atoms with Crippen LogP contribution in [0.2, 0.25) is 10.0 Å². The van der Waals surface area contributed by atoms with E-state index in [1.807, 2.05) is 30.3 Å². The van der Waals surface area contributed by atoms with E-state index in [0.29, 0.717) is 32.3 Å². The lowest BCUT2D eigenvalue weighted by Crippen LogP contribution is -2.46. The Labute approximate surface area is 206 Å². The van der Waals surface area contributed by atoms with Gasteiger partial charge in [0.1, 0.15) is 0 Å². The van der Waals surface area contributed by atoms with Crippen molar-refractivity contribution in [2.45, 2.75) is 31.8 Å². The van der Waals surface area contributed by atoms with Crippen LogP contribution in [0.3, 0.4) is 0 Å². The molecule has 4 nitrogen and oxygen atoms in total. The third-order valence-corrected chi connectivity index (χ3v) is 8.54. The molecule has 0 amide bonds. The fourth-order valence-electron chi connectivity index (χ4n) is 6.32. The molecule has 0 saturated carbocycles. The summed E-state index contributed by atoms with van der Waals surface area (Å²) in [4.78, 5) is 27.0. The molecule has 7 rings (SSSR count). The number of nitrogens with one attached hydrogen (secondary N) is 1. The average Bonchev–Trinajstić information content (AvgIpc) is 3.34. The minimum Gasteiger partial charge on any atom is -0.379 e. The second kappa shape index (κ2) is 6.53. The molecule has 0 fully saturated rings. The topological polar surface area (TPSA) is 51.1 Å². The first-order valence-electron chi connectivity index (χ1n) is 11.4. The molecule has 34 heavy (non-hydrogen) atoms. The summed E-state index contributed by atoms with van der Waals surface area (Å²) in [6.45, 7) is 5.13. The highest BCUT2D eigenvalue weighted by atomic mass is 35.5. The molecule has 3 aromatic carbocycles. The van der Waals surface area contributed by atoms with E-state index in [1.165, 1.54) is 0 Å². The summed E-state index contributed by atoms with van der Waals surface area (Å²) in [7, 11) is 0. The molecule has 168 valence electrons. The van der Waals surface area contributed by atoms with Gasteiger partial charge in [0, 0.05) is 62.2 Å². The summed E-state index contributed by atoms with van der Waals surface area (Å²) in [5, 5.41) is 5.97. The molecule has 3 heterocycles. The first-order chi connectivity index (χ1) is 16.3. The molecule has 1 aliphatic carbocycles. The van der Waals surface area contributed by atoms with Crippen LogP contribution in [0.25, 0.3) is 10.9 Å². The summed E-state index contributed by atoms with van der Waals surface area (Å²) in [5.74, 6) is 0.00534. The summed E-state index contributed by atoms with van der Waals surface area (Å²) in [5.41, 5.74) is 5.42. The predicted octanol–water partition coefficient (Wildman–Crippen LogP) is 6.69. The minimum atomic E-state index is -0.325. The first-order valence-corrected chi connectivity index (χ1v) is 12.1. The average molecular weight is 487 g/mol. The number of fused-ring (bicyclic) bond motifs is 10. The number of nitrogens with zero attached hydrogens (tertiary/aromatic N) is 1. The van der Waals surface area contributed by atoms with E-state index in [4.69, 9.17) is 23.2 Å². The van der Waals surface area contributed by atoms with Gasteiger partial charge in [0.15, 0.2) is 11.6 Å². The largest absolute Gasteiger partial charge is 0.379 e. The highest BCUT2D eigenvalue weighted by molar-refractivity contribution is 6.38. The molecule has 0 bridgehead atoms. The summed E-state index contributed by atoms with van der Waals surface area (Å²) in [6, 6.07) is 16.7. The number of hydrogen-bond donors (Lipinski definition) is 1. The Kier molecular flexibility index (Phi) is 3.90. The lowest BCUT2D eigenvalue weighted by Gasteiger charge is -2.44. The lowest BCUT2D eigenvalue weighted by atomic mass is 9.69. The van der Waals surface area contributed by atoms with Gasteiger partial charge in [-0.25, -0.2) is 0 Å². The standard InChI is InChI=1S/C28H20Cl2N2O2/c1-28(2)19-12-32-20-10-7-13(29)11-18(20)23(30)25(32)21(19)16-8-9-17-22(24(16)31-28)27(34)15-6-4-3-5-14(15)26(17)33/h3-11,19,21,31H,12H2,1-2H3/t19-,21-/m1/s1. The zero-order valence-electron chi connectivity index (χ0n) is 18.6. The van der Waals surface area contributed by atoms with Crippen LogP contribution in [0.1, 0.15) is 62.9 Å². The van der Waals surface area contributed by atoms with Gasteiger partial charge in [-0.1, -0.05) is 53.5 Å². The van der Waals surface area contributed by atoms with E-state index in [1.54, 1.807) is 24.3 Å². The van der Waals surface area contributed by atoms with Crippen LogP contribution in [0.15, 0.2) is 54.6 Å². The molecule has 0 spiro atoms. The molecule has 2 aliphatic heterocycles. The maximum absolute atomic E-state index is 13.7. The number of ketones is 2. The number of benzene rings is 3. The highest BCUT2D eigenvalue weighted by Crippen LogP contribution is 2.56. The summed E-state index contributed by atoms with van der Waals surface area (Å²) >= 11 is 13.3. The van der Waals surface area contributed by atoms with Crippen molar-refractivity contribution >= 4 is 51.4 Å². The fraction of sp³-hybridized carbons (Fsp3) is 0.214. The van der Waals surface area contributed by atoms with Gasteiger partial charge >= 0.3 is 0 Å². The SMILES string of the molecule is CC1(C)Nc2c(ccc3c2C(=O)c2ccccc2C3=O)[C@H]2c3c(Cl)c4cc(Cl)ccc4n3C[C@H]21. The van der Waals surface area contributed by atoms with Crippen molar-refractivity contribution in [3.05, 3.63) is 98.2 Å². The third-order valence-electron chi connectivity index (χ3n) is 7.91. The summed E-state index contributed by atoms with van der Waals surface area (Å²) in [6.07, 6.45) is 0. The van der Waals surface area contributed by atoms with Crippen LogP contribution in [0.4, 0.5) is 5.69 Å². The second-order valence-electron chi connectivity index (χ2n) is 10.1. The van der Waals surface area contributed by atoms with E-state index in [2.05, 4.69) is 23.7 Å². The van der Waals surface area contributed by atoms with Crippen molar-refractivity contribution in [3.63, 3.8) is 0 Å². The molecule has 1 aromatic heterocycles. The van der Waals surface area contributed by atoms with Crippen LogP contribution < -0.4 is 5.32 Å². The van der Waals surface area contributed by atoms with Gasteiger partial charge in [0.2, 0.25) is 0 Å². The van der Waals surface area contributed by atoms with Crippen molar-refractivity contribution in [1.29, 1.82) is 0 Å². The maximum atomic E-state index is 13.7. The van der Waals surface area contributed by atoms with Crippen molar-refractivity contribution in [3.8, 4) is 0 Å². The number of aromatic nitrogens is 1. The number of hydrogen-bond acceptors (Lipinski definition) is 3. The Morgan fingerprint density at radius 3 is 2.44 bits per heavy atom. The monoisotopic (exact) mass is 486 g/mol. The van der Waals surface area contributed by atoms with Gasteiger partial charge in [0.05, 0.1) is 16.3 Å². The Bertz CT molecular complexity index is 1610. The van der Waals surface area contributed by atoms with E-state index >= 15 is 0 Å². The normalized spacial score (nSPS) is 21.4. The molecule has 4 aromatic rings. The van der Waals surface area contributed by atoms with Crippen molar-refractivity contribution in [2.75, 3.05) is 5.32 Å². The van der Waals surface area contributed by atoms with Gasteiger partial charge in [-0.3, -0.25) is 9.59 Å². The number of rotatable bonds is 0. The fourth-order valence-corrected chi connectivity index (χ4v) is 6.86. The molecule has 0 saturated heterocycles. The molecule has 3 aliphatic rings. The molecule has 1 N–H and O–H groups in total. The smallest absolute Gasteiger partial charge is 0.196 e. The zero-order valence-corrected chi connectivity index (χ0v) is 20.1. The quantitative estimate of drug-likeness (QED) is 0.265. The van der Waals surface area contributed by atoms with Gasteiger partial charge < -0.3 is 9.88 Å². The maximum Gasteiger partial charge on any atom is 0.196 e. The van der Waals surface area contributed by atoms with Gasteiger partial charge in [-0.15, -0.1) is 0 Å². The van der Waals surface area contributed by atoms with Gasteiger partial charge in [-0.05, 0) is 43.7 Å².